The number of para-hydroxylation sites is 2. The topological polar surface area (TPSA) is 58.4 Å². The lowest BCUT2D eigenvalue weighted by molar-refractivity contribution is 0.0738. The molecule has 2 heterocycles. The summed E-state index contributed by atoms with van der Waals surface area (Å²) in [6.45, 7) is 2.42. The Kier molecular flexibility index (Phi) is 4.58. The zero-order valence-corrected chi connectivity index (χ0v) is 15.7. The maximum Gasteiger partial charge on any atom is 0.282 e. The molecule has 1 saturated heterocycles. The van der Waals surface area contributed by atoms with Crippen molar-refractivity contribution in [2.75, 3.05) is 31.1 Å². The fraction of sp³-hybridized carbons (Fsp3) is 0.250. The van der Waals surface area contributed by atoms with Crippen molar-refractivity contribution in [2.45, 2.75) is 0 Å². The first-order valence-electron chi connectivity index (χ1n) is 8.80. The van der Waals surface area contributed by atoms with E-state index in [2.05, 4.69) is 9.88 Å². The fourth-order valence-electron chi connectivity index (χ4n) is 3.41. The van der Waals surface area contributed by atoms with Crippen LogP contribution in [0, 0.1) is 0 Å². The molecule has 6 nitrogen and oxygen atoms in total. The average molecular weight is 383 g/mol. The van der Waals surface area contributed by atoms with E-state index in [9.17, 15) is 9.59 Å². The van der Waals surface area contributed by atoms with E-state index < -0.39 is 0 Å². The van der Waals surface area contributed by atoms with E-state index in [4.69, 9.17) is 11.6 Å². The van der Waals surface area contributed by atoms with Crippen molar-refractivity contribution < 1.29 is 4.79 Å². The summed E-state index contributed by atoms with van der Waals surface area (Å²) < 4.78 is 1.48. The number of amides is 1. The molecule has 2 aromatic carbocycles. The van der Waals surface area contributed by atoms with E-state index in [0.717, 1.165) is 5.69 Å². The number of hydrogen-bond donors (Lipinski definition) is 0. The number of benzene rings is 2. The Morgan fingerprint density at radius 1 is 1.04 bits per heavy atom. The molecule has 1 fully saturated rings. The normalized spacial score (nSPS) is 14.6. The fourth-order valence-corrected chi connectivity index (χ4v) is 3.59. The smallest absolute Gasteiger partial charge is 0.282 e. The molecule has 27 heavy (non-hydrogen) atoms. The zero-order chi connectivity index (χ0) is 19.0. The first-order chi connectivity index (χ1) is 13.0. The van der Waals surface area contributed by atoms with Gasteiger partial charge in [-0.05, 0) is 30.3 Å². The third-order valence-corrected chi connectivity index (χ3v) is 5.16. The van der Waals surface area contributed by atoms with Crippen molar-refractivity contribution in [3.8, 4) is 0 Å². The number of hydrogen-bond acceptors (Lipinski definition) is 4. The lowest BCUT2D eigenvalue weighted by Crippen LogP contribution is -2.50. The number of nitrogens with zero attached hydrogens (tertiary/aromatic N) is 4. The molecule has 0 aliphatic carbocycles. The summed E-state index contributed by atoms with van der Waals surface area (Å²) in [6, 6.07) is 15.0. The zero-order valence-electron chi connectivity index (χ0n) is 14.9. The van der Waals surface area contributed by atoms with Gasteiger partial charge < -0.3 is 14.4 Å². The van der Waals surface area contributed by atoms with Crippen LogP contribution in [0.2, 0.25) is 5.02 Å². The third kappa shape index (κ3) is 3.28. The van der Waals surface area contributed by atoms with Crippen molar-refractivity contribution in [3.63, 3.8) is 0 Å². The summed E-state index contributed by atoms with van der Waals surface area (Å²) in [5, 5.41) is 0.690. The molecule has 3 aromatic rings. The molecule has 0 saturated carbocycles. The maximum absolute atomic E-state index is 12.9. The number of carbonyl (C=O) groups is 1. The summed E-state index contributed by atoms with van der Waals surface area (Å²) in [6.07, 6.45) is 0. The van der Waals surface area contributed by atoms with Crippen molar-refractivity contribution in [1.82, 2.24) is 14.5 Å². The summed E-state index contributed by atoms with van der Waals surface area (Å²) in [5.41, 5.74) is 2.00. The number of fused-ring (bicyclic) bond motifs is 1. The Morgan fingerprint density at radius 3 is 2.52 bits per heavy atom. The summed E-state index contributed by atoms with van der Waals surface area (Å²) in [5.74, 6) is -0.313. The molecule has 7 heteroatoms. The maximum atomic E-state index is 12.9. The van der Waals surface area contributed by atoms with Crippen LogP contribution in [0.15, 0.2) is 53.3 Å². The van der Waals surface area contributed by atoms with Gasteiger partial charge in [0, 0.05) is 43.9 Å². The van der Waals surface area contributed by atoms with Crippen molar-refractivity contribution >= 4 is 34.2 Å². The quantitative estimate of drug-likeness (QED) is 0.683. The first kappa shape index (κ1) is 17.5. The third-order valence-electron chi connectivity index (χ3n) is 4.93. The number of aryl methyl sites for hydroxylation is 1. The molecule has 0 radical (unpaired) electrons. The lowest BCUT2D eigenvalue weighted by atomic mass is 10.2. The van der Waals surface area contributed by atoms with Gasteiger partial charge in [-0.3, -0.25) is 9.59 Å². The highest BCUT2D eigenvalue weighted by Gasteiger charge is 2.26. The van der Waals surface area contributed by atoms with E-state index in [1.807, 2.05) is 48.5 Å². The number of piperazine rings is 1. The van der Waals surface area contributed by atoms with E-state index in [-0.39, 0.29) is 17.2 Å². The molecule has 0 unspecified atom stereocenters. The van der Waals surface area contributed by atoms with Crippen molar-refractivity contribution in [2.24, 2.45) is 7.05 Å². The van der Waals surface area contributed by atoms with Crippen LogP contribution in [-0.2, 0) is 7.05 Å². The molecule has 1 aliphatic rings. The minimum atomic E-state index is -0.365. The first-order valence-corrected chi connectivity index (χ1v) is 9.18. The van der Waals surface area contributed by atoms with Crippen LogP contribution in [0.4, 0.5) is 5.69 Å². The van der Waals surface area contributed by atoms with Crippen LogP contribution >= 0.6 is 11.6 Å². The minimum absolute atomic E-state index is 0.0209. The molecule has 1 aliphatic heterocycles. The van der Waals surface area contributed by atoms with E-state index >= 15 is 0 Å². The van der Waals surface area contributed by atoms with E-state index in [1.165, 1.54) is 4.57 Å². The van der Waals surface area contributed by atoms with Gasteiger partial charge in [-0.25, -0.2) is 4.98 Å². The van der Waals surface area contributed by atoms with Gasteiger partial charge in [-0.15, -0.1) is 0 Å². The second-order valence-corrected chi connectivity index (χ2v) is 7.01. The van der Waals surface area contributed by atoms with Gasteiger partial charge in [0.25, 0.3) is 11.5 Å². The van der Waals surface area contributed by atoms with Crippen LogP contribution in [0.5, 0.6) is 0 Å². The largest absolute Gasteiger partial charge is 0.368 e. The number of rotatable bonds is 2. The van der Waals surface area contributed by atoms with Gasteiger partial charge in [0.1, 0.15) is 0 Å². The molecule has 1 aromatic heterocycles. The van der Waals surface area contributed by atoms with Crippen LogP contribution in [0.3, 0.4) is 0 Å². The summed E-state index contributed by atoms with van der Waals surface area (Å²) in [4.78, 5) is 33.8. The number of carbonyl (C=O) groups excluding carboxylic acids is 1. The van der Waals surface area contributed by atoms with E-state index in [1.54, 1.807) is 11.9 Å². The van der Waals surface area contributed by atoms with Crippen LogP contribution < -0.4 is 10.5 Å². The Bertz CT molecular complexity index is 1070. The number of halogens is 1. The Morgan fingerprint density at radius 2 is 1.78 bits per heavy atom. The SMILES string of the molecule is Cn1c(=O)c(C(=O)N2CCN(c3cccc(Cl)c3)CC2)nc2ccccc21. The van der Waals surface area contributed by atoms with Gasteiger partial charge in [-0.2, -0.15) is 0 Å². The van der Waals surface area contributed by atoms with Crippen LogP contribution in [-0.4, -0.2) is 46.5 Å². The molecule has 0 bridgehead atoms. The van der Waals surface area contributed by atoms with Gasteiger partial charge in [0.2, 0.25) is 0 Å². The highest BCUT2D eigenvalue weighted by Crippen LogP contribution is 2.21. The Balaban J connectivity index is 1.56. The molecular formula is C20H19ClN4O2. The Hall–Kier alpha value is -2.86. The Labute approximate surface area is 161 Å². The molecular weight excluding hydrogens is 364 g/mol. The molecule has 0 atom stereocenters. The molecule has 1 amide bonds. The van der Waals surface area contributed by atoms with Gasteiger partial charge in [0.05, 0.1) is 11.0 Å². The summed E-state index contributed by atoms with van der Waals surface area (Å²) in [7, 11) is 1.67. The molecule has 138 valence electrons. The lowest BCUT2D eigenvalue weighted by Gasteiger charge is -2.36. The van der Waals surface area contributed by atoms with Crippen LogP contribution in [0.1, 0.15) is 10.5 Å². The van der Waals surface area contributed by atoms with Gasteiger partial charge in [0.15, 0.2) is 5.69 Å². The number of anilines is 1. The predicted molar refractivity (Wildman–Crippen MR) is 107 cm³/mol. The van der Waals surface area contributed by atoms with Crippen LogP contribution in [0.25, 0.3) is 11.0 Å². The predicted octanol–water partition coefficient (Wildman–Crippen LogP) is 2.55. The minimum Gasteiger partial charge on any atom is -0.368 e. The second-order valence-electron chi connectivity index (χ2n) is 6.57. The number of aromatic nitrogens is 2. The monoisotopic (exact) mass is 382 g/mol. The standard InChI is InChI=1S/C20H19ClN4O2/c1-23-17-8-3-2-7-16(17)22-18(19(23)26)20(27)25-11-9-24(10-12-25)15-6-4-5-14(21)13-15/h2-8,13H,9-12H2,1H3. The van der Waals surface area contributed by atoms with Gasteiger partial charge in [-0.1, -0.05) is 29.8 Å². The van der Waals surface area contributed by atoms with E-state index in [0.29, 0.717) is 42.2 Å². The summed E-state index contributed by atoms with van der Waals surface area (Å²) >= 11 is 6.07. The van der Waals surface area contributed by atoms with Gasteiger partial charge >= 0.3 is 0 Å². The van der Waals surface area contributed by atoms with Crippen molar-refractivity contribution in [1.29, 1.82) is 0 Å². The molecule has 0 spiro atoms. The highest BCUT2D eigenvalue weighted by atomic mass is 35.5. The highest BCUT2D eigenvalue weighted by molar-refractivity contribution is 6.30. The second kappa shape index (κ2) is 7.04. The molecule has 4 rings (SSSR count). The molecule has 0 N–H and O–H groups in total. The average Bonchev–Trinajstić information content (AvgIpc) is 2.70. The van der Waals surface area contributed by atoms with Crippen molar-refractivity contribution in [3.05, 3.63) is 69.6 Å².